The monoisotopic (exact) mass is 805 g/mol. The van der Waals surface area contributed by atoms with E-state index in [0.717, 1.165) is 0 Å². The van der Waals surface area contributed by atoms with Crippen LogP contribution in [0.4, 0.5) is 17.1 Å². The van der Waals surface area contributed by atoms with E-state index < -0.39 is 0 Å². The molecule has 0 atom stereocenters. The Labute approximate surface area is 361 Å². The van der Waals surface area contributed by atoms with E-state index in [9.17, 15) is 0 Å². The van der Waals surface area contributed by atoms with Gasteiger partial charge in [0.25, 0.3) is 6.71 Å². The summed E-state index contributed by atoms with van der Waals surface area (Å²) in [5.74, 6) is 0. The van der Waals surface area contributed by atoms with Crippen molar-refractivity contribution in [1.82, 2.24) is 9.13 Å². The first-order valence-electron chi connectivity index (χ1n) is 22.1. The molecule has 2 aliphatic heterocycles. The van der Waals surface area contributed by atoms with Crippen LogP contribution in [0.1, 0.15) is 78.0 Å². The molecule has 0 saturated carbocycles. The number of para-hydroxylation sites is 3. The SMILES string of the molecule is CC(C)(C)c1ccc2c3c(sc2c1)B1c2c(cccc2-n2c4ccc5c6ccccc6n(-c6ccccc6)c5c4c4cccc1c42)N3c1ccc2c(c1)C(C)(C)CCC2(C)C. The Kier molecular flexibility index (Phi) is 6.94. The molecule has 10 aromatic rings. The third kappa shape index (κ3) is 4.65. The van der Waals surface area contributed by atoms with Gasteiger partial charge in [-0.15, -0.1) is 11.3 Å². The van der Waals surface area contributed by atoms with Crippen LogP contribution in [0, 0.1) is 0 Å². The van der Waals surface area contributed by atoms with Crippen LogP contribution in [0.5, 0.6) is 0 Å². The Morgan fingerprint density at radius 3 is 2.10 bits per heavy atom. The Morgan fingerprint density at radius 2 is 1.28 bits per heavy atom. The van der Waals surface area contributed by atoms with Crippen LogP contribution < -0.4 is 20.6 Å². The van der Waals surface area contributed by atoms with Crippen molar-refractivity contribution in [2.75, 3.05) is 4.90 Å². The van der Waals surface area contributed by atoms with Crippen LogP contribution in [-0.4, -0.2) is 15.8 Å². The minimum Gasteiger partial charge on any atom is -0.310 e. The van der Waals surface area contributed by atoms with E-state index in [0.29, 0.717) is 0 Å². The molecular formula is C56H48BN3S. The highest BCUT2D eigenvalue weighted by molar-refractivity contribution is 7.33. The summed E-state index contributed by atoms with van der Waals surface area (Å²) in [6.07, 6.45) is 2.39. The number of anilines is 3. The summed E-state index contributed by atoms with van der Waals surface area (Å²) in [6, 6.07) is 53.6. The highest BCUT2D eigenvalue weighted by Gasteiger charge is 2.45. The number of thiophene rings is 1. The first-order valence-corrected chi connectivity index (χ1v) is 22.9. The fourth-order valence-electron chi connectivity index (χ4n) is 11.7. The molecule has 5 heterocycles. The summed E-state index contributed by atoms with van der Waals surface area (Å²) in [5.41, 5.74) is 18.9. The summed E-state index contributed by atoms with van der Waals surface area (Å²) in [4.78, 5) is 2.65. The number of benzene rings is 7. The van der Waals surface area contributed by atoms with Crippen molar-refractivity contribution in [2.24, 2.45) is 0 Å². The molecule has 0 amide bonds. The van der Waals surface area contributed by atoms with Gasteiger partial charge >= 0.3 is 0 Å². The highest BCUT2D eigenvalue weighted by Crippen LogP contribution is 2.51. The van der Waals surface area contributed by atoms with Crippen molar-refractivity contribution in [3.8, 4) is 11.4 Å². The van der Waals surface area contributed by atoms with Gasteiger partial charge in [-0.05, 0) is 111 Å². The molecule has 0 fully saturated rings. The van der Waals surface area contributed by atoms with Gasteiger partial charge in [-0.3, -0.25) is 0 Å². The number of nitrogens with zero attached hydrogens (tertiary/aromatic N) is 3. The maximum atomic E-state index is 2.65. The van der Waals surface area contributed by atoms with E-state index in [1.165, 1.54) is 127 Å². The molecule has 0 saturated heterocycles. The third-order valence-corrected chi connectivity index (χ3v) is 16.1. The average molecular weight is 806 g/mol. The molecule has 0 radical (unpaired) electrons. The van der Waals surface area contributed by atoms with Gasteiger partial charge in [0.15, 0.2) is 0 Å². The van der Waals surface area contributed by atoms with Crippen LogP contribution in [0.25, 0.3) is 65.1 Å². The van der Waals surface area contributed by atoms with E-state index >= 15 is 0 Å². The molecule has 7 aromatic carbocycles. The minimum atomic E-state index is 0.0519. The van der Waals surface area contributed by atoms with E-state index in [1.54, 1.807) is 0 Å². The Hall–Kier alpha value is -6.04. The van der Waals surface area contributed by atoms with Crippen molar-refractivity contribution >= 4 is 105 Å². The van der Waals surface area contributed by atoms with Crippen molar-refractivity contribution in [3.05, 3.63) is 156 Å². The molecule has 1 aliphatic carbocycles. The van der Waals surface area contributed by atoms with Crippen molar-refractivity contribution < 1.29 is 0 Å². The van der Waals surface area contributed by atoms with Gasteiger partial charge in [0.05, 0.1) is 22.2 Å². The predicted octanol–water partition coefficient (Wildman–Crippen LogP) is 13.4. The van der Waals surface area contributed by atoms with Gasteiger partial charge in [-0.1, -0.05) is 133 Å². The lowest BCUT2D eigenvalue weighted by Crippen LogP contribution is -2.59. The maximum Gasteiger partial charge on any atom is 0.264 e. The Bertz CT molecular complexity index is 3540. The summed E-state index contributed by atoms with van der Waals surface area (Å²) in [6.45, 7) is 16.9. The standard InChI is InChI=1S/C56H48BN3S/c1-54(2,3)33-23-25-38-47(31-33)61-53-52(38)59(35-24-27-40-41(32-35)56(6,7)30-29-55(40,4)5)45-21-14-22-46-49(45)57(53)42-19-13-18-39-48-44(60(46)50(39)42)28-26-37-36-17-11-12-20-43(36)58(51(37)48)34-15-9-8-10-16-34/h8-28,31-32H,29-30H2,1-7H3. The van der Waals surface area contributed by atoms with Crippen LogP contribution in [0.15, 0.2) is 140 Å². The third-order valence-electron chi connectivity index (χ3n) is 14.9. The summed E-state index contributed by atoms with van der Waals surface area (Å²) in [5, 5.41) is 6.54. The molecule has 296 valence electrons. The van der Waals surface area contributed by atoms with Crippen LogP contribution >= 0.6 is 11.3 Å². The normalized spacial score (nSPS) is 16.2. The molecule has 3 nitrogen and oxygen atoms in total. The number of rotatable bonds is 2. The topological polar surface area (TPSA) is 13.1 Å². The molecule has 0 N–H and O–H groups in total. The number of fused-ring (bicyclic) bond motifs is 14. The fraction of sp³-hybridized carbons (Fsp3) is 0.214. The van der Waals surface area contributed by atoms with Gasteiger partial charge in [0.1, 0.15) is 0 Å². The fourth-order valence-corrected chi connectivity index (χ4v) is 13.1. The van der Waals surface area contributed by atoms with Crippen molar-refractivity contribution in [3.63, 3.8) is 0 Å². The van der Waals surface area contributed by atoms with E-state index in [2.05, 4.69) is 202 Å². The molecule has 13 rings (SSSR count). The van der Waals surface area contributed by atoms with Crippen molar-refractivity contribution in [2.45, 2.75) is 77.6 Å². The zero-order valence-corrected chi connectivity index (χ0v) is 36.8. The van der Waals surface area contributed by atoms with Gasteiger partial charge in [0, 0.05) is 64.7 Å². The zero-order valence-electron chi connectivity index (χ0n) is 36.0. The lowest BCUT2D eigenvalue weighted by molar-refractivity contribution is 0.332. The second-order valence-electron chi connectivity index (χ2n) is 20.4. The van der Waals surface area contributed by atoms with Gasteiger partial charge in [0.2, 0.25) is 0 Å². The summed E-state index contributed by atoms with van der Waals surface area (Å²) in [7, 11) is 0. The molecule has 0 unspecified atom stereocenters. The minimum absolute atomic E-state index is 0.0519. The quantitative estimate of drug-likeness (QED) is 0.159. The number of aromatic nitrogens is 2. The first kappa shape index (κ1) is 35.7. The zero-order chi connectivity index (χ0) is 41.3. The number of hydrogen-bond acceptors (Lipinski definition) is 2. The lowest BCUT2D eigenvalue weighted by Gasteiger charge is -2.43. The summed E-state index contributed by atoms with van der Waals surface area (Å²) < 4.78 is 7.93. The van der Waals surface area contributed by atoms with Gasteiger partial charge in [-0.25, -0.2) is 0 Å². The molecule has 5 heteroatoms. The Balaban J connectivity index is 1.16. The van der Waals surface area contributed by atoms with Gasteiger partial charge in [-0.2, -0.15) is 0 Å². The summed E-state index contributed by atoms with van der Waals surface area (Å²) >= 11 is 2.01. The maximum absolute atomic E-state index is 2.65. The largest absolute Gasteiger partial charge is 0.310 e. The molecule has 3 aliphatic rings. The molecule has 61 heavy (non-hydrogen) atoms. The molecule has 3 aromatic heterocycles. The first-order chi connectivity index (χ1) is 29.4. The molecular weight excluding hydrogens is 758 g/mol. The molecule has 0 spiro atoms. The average Bonchev–Trinajstić information content (AvgIpc) is 3.92. The Morgan fingerprint density at radius 1 is 0.557 bits per heavy atom. The predicted molar refractivity (Wildman–Crippen MR) is 264 cm³/mol. The molecule has 0 bridgehead atoms. The van der Waals surface area contributed by atoms with Crippen LogP contribution in [0.3, 0.4) is 0 Å². The van der Waals surface area contributed by atoms with Crippen LogP contribution in [-0.2, 0) is 16.2 Å². The second kappa shape index (κ2) is 11.9. The lowest BCUT2D eigenvalue weighted by atomic mass is 9.36. The van der Waals surface area contributed by atoms with Crippen molar-refractivity contribution in [1.29, 1.82) is 0 Å². The van der Waals surface area contributed by atoms with E-state index in [-0.39, 0.29) is 23.0 Å². The number of hydrogen-bond donors (Lipinski definition) is 0. The van der Waals surface area contributed by atoms with Crippen LogP contribution in [0.2, 0.25) is 0 Å². The van der Waals surface area contributed by atoms with E-state index in [1.807, 2.05) is 11.3 Å². The second-order valence-corrected chi connectivity index (χ2v) is 21.5. The van der Waals surface area contributed by atoms with E-state index in [4.69, 9.17) is 0 Å². The highest BCUT2D eigenvalue weighted by atomic mass is 32.1. The smallest absolute Gasteiger partial charge is 0.264 e. The van der Waals surface area contributed by atoms with Gasteiger partial charge < -0.3 is 14.0 Å².